The summed E-state index contributed by atoms with van der Waals surface area (Å²) in [6.45, 7) is 1.72. The molecule has 1 aliphatic heterocycles. The summed E-state index contributed by atoms with van der Waals surface area (Å²) in [6.07, 6.45) is 1.64. The number of ketones is 1. The Labute approximate surface area is 180 Å². The van der Waals surface area contributed by atoms with Gasteiger partial charge in [0.15, 0.2) is 16.7 Å². The number of hydrogen-bond acceptors (Lipinski definition) is 7. The maximum Gasteiger partial charge on any atom is 0.296 e. The first-order valence-electron chi connectivity index (χ1n) is 9.45. The molecule has 1 aromatic carbocycles. The summed E-state index contributed by atoms with van der Waals surface area (Å²) in [7, 11) is 0. The molecule has 4 heterocycles. The van der Waals surface area contributed by atoms with Crippen molar-refractivity contribution in [2.75, 3.05) is 4.90 Å². The van der Waals surface area contributed by atoms with Crippen LogP contribution in [0.4, 0.5) is 10.8 Å². The van der Waals surface area contributed by atoms with Crippen molar-refractivity contribution in [3.05, 3.63) is 83.1 Å². The number of fused-ring (bicyclic) bond motifs is 1. The first-order chi connectivity index (χ1) is 14.9. The van der Waals surface area contributed by atoms with Gasteiger partial charge in [-0.25, -0.2) is 9.97 Å². The van der Waals surface area contributed by atoms with Crippen LogP contribution in [0.5, 0.6) is 0 Å². The summed E-state index contributed by atoms with van der Waals surface area (Å²) in [4.78, 5) is 37.3. The average molecular weight is 433 g/mol. The molecule has 5 rings (SSSR count). The number of aliphatic hydroxyl groups excluding tert-OH is 1. The normalized spacial score (nSPS) is 16.5. The minimum Gasteiger partial charge on any atom is -0.503 e. The van der Waals surface area contributed by atoms with Crippen LogP contribution in [0.2, 0.25) is 0 Å². The second kappa shape index (κ2) is 7.15. The van der Waals surface area contributed by atoms with E-state index in [1.807, 2.05) is 6.07 Å². The van der Waals surface area contributed by atoms with Gasteiger partial charge in [-0.15, -0.1) is 0 Å². The first kappa shape index (κ1) is 19.2. The molecule has 8 nitrogen and oxygen atoms in total. The van der Waals surface area contributed by atoms with Gasteiger partial charge in [0.1, 0.15) is 21.8 Å². The number of pyridine rings is 1. The van der Waals surface area contributed by atoms with Crippen molar-refractivity contribution < 1.29 is 24.8 Å². The predicted octanol–water partition coefficient (Wildman–Crippen LogP) is 3.25. The summed E-state index contributed by atoms with van der Waals surface area (Å²) in [5, 5.41) is 11.1. The SMILES string of the molecule is Cc1ccc(C(=O)C2=C(O)C(=O)N(c3nc4cccnc4s3)C2c2cccc([NH3+])c2)o1. The van der Waals surface area contributed by atoms with E-state index < -0.39 is 23.5 Å². The number of aromatic nitrogens is 2. The highest BCUT2D eigenvalue weighted by Gasteiger charge is 2.46. The number of carbonyl (C=O) groups is 2. The zero-order valence-corrected chi connectivity index (χ0v) is 17.2. The molecule has 9 heteroatoms. The van der Waals surface area contributed by atoms with Gasteiger partial charge >= 0.3 is 0 Å². The summed E-state index contributed by atoms with van der Waals surface area (Å²) < 4.78 is 5.48. The lowest BCUT2D eigenvalue weighted by Crippen LogP contribution is -2.40. The third kappa shape index (κ3) is 3.11. The Bertz CT molecular complexity index is 1350. The number of Topliss-reactive ketones (excluding diaryl/α,β-unsaturated/α-hetero) is 1. The highest BCUT2D eigenvalue weighted by atomic mass is 32.1. The molecule has 1 unspecified atom stereocenters. The number of quaternary nitrogens is 1. The number of carbonyl (C=O) groups excluding carboxylic acids is 2. The molecular formula is C22H17N4O4S+. The van der Waals surface area contributed by atoms with Crippen LogP contribution in [-0.4, -0.2) is 26.8 Å². The van der Waals surface area contributed by atoms with E-state index in [2.05, 4.69) is 15.7 Å². The first-order valence-corrected chi connectivity index (χ1v) is 10.3. The van der Waals surface area contributed by atoms with Gasteiger partial charge in [-0.2, -0.15) is 0 Å². The van der Waals surface area contributed by atoms with Crippen LogP contribution in [0.25, 0.3) is 10.3 Å². The minimum atomic E-state index is -0.882. The summed E-state index contributed by atoms with van der Waals surface area (Å²) in [5.41, 5.74) is 5.85. The van der Waals surface area contributed by atoms with E-state index in [-0.39, 0.29) is 11.3 Å². The van der Waals surface area contributed by atoms with Crippen LogP contribution >= 0.6 is 11.3 Å². The number of aryl methyl sites for hydroxylation is 1. The molecular weight excluding hydrogens is 416 g/mol. The molecule has 31 heavy (non-hydrogen) atoms. The third-order valence-corrected chi connectivity index (χ3v) is 6.02. The molecule has 1 aliphatic rings. The summed E-state index contributed by atoms with van der Waals surface area (Å²) >= 11 is 1.21. The van der Waals surface area contributed by atoms with Crippen molar-refractivity contribution in [1.29, 1.82) is 0 Å². The minimum absolute atomic E-state index is 0.0513. The number of hydrogen-bond donors (Lipinski definition) is 2. The molecule has 0 aliphatic carbocycles. The largest absolute Gasteiger partial charge is 0.503 e. The number of amides is 1. The zero-order valence-electron chi connectivity index (χ0n) is 16.4. The van der Waals surface area contributed by atoms with E-state index in [1.165, 1.54) is 22.3 Å². The Morgan fingerprint density at radius 2 is 2.06 bits per heavy atom. The smallest absolute Gasteiger partial charge is 0.296 e. The van der Waals surface area contributed by atoms with Gasteiger partial charge in [-0.05, 0) is 42.8 Å². The maximum absolute atomic E-state index is 13.3. The standard InChI is InChI=1S/C22H16N4O4S/c1-11-7-8-15(30-11)18(27)16-17(12-4-2-5-13(23)10-12)26(21(29)19(16)28)22-25-14-6-3-9-24-20(14)31-22/h2-10,17,28H,23H2,1H3/p+1. The van der Waals surface area contributed by atoms with E-state index in [0.717, 1.165) is 0 Å². The Hall–Kier alpha value is -3.82. The van der Waals surface area contributed by atoms with Gasteiger partial charge in [0, 0.05) is 12.3 Å². The van der Waals surface area contributed by atoms with E-state index in [9.17, 15) is 14.7 Å². The molecule has 0 saturated heterocycles. The lowest BCUT2D eigenvalue weighted by Gasteiger charge is -2.24. The van der Waals surface area contributed by atoms with Crippen molar-refractivity contribution in [3.8, 4) is 0 Å². The van der Waals surface area contributed by atoms with Gasteiger partial charge in [0.05, 0.1) is 11.6 Å². The van der Waals surface area contributed by atoms with E-state index in [4.69, 9.17) is 4.42 Å². The molecule has 3 aromatic heterocycles. The van der Waals surface area contributed by atoms with Gasteiger partial charge < -0.3 is 15.3 Å². The monoisotopic (exact) mass is 433 g/mol. The molecule has 1 atom stereocenters. The second-order valence-electron chi connectivity index (χ2n) is 7.15. The lowest BCUT2D eigenvalue weighted by molar-refractivity contribution is -0.254. The fraction of sp³-hybridized carbons (Fsp3) is 0.0909. The molecule has 4 aromatic rings. The predicted molar refractivity (Wildman–Crippen MR) is 114 cm³/mol. The quantitative estimate of drug-likeness (QED) is 0.476. The second-order valence-corrected chi connectivity index (χ2v) is 8.10. The number of nitrogens with zero attached hydrogens (tertiary/aromatic N) is 3. The van der Waals surface area contributed by atoms with Crippen LogP contribution in [0.15, 0.2) is 70.5 Å². The van der Waals surface area contributed by atoms with Crippen molar-refractivity contribution in [3.63, 3.8) is 0 Å². The van der Waals surface area contributed by atoms with Gasteiger partial charge in [0.25, 0.3) is 5.91 Å². The molecule has 0 fully saturated rings. The van der Waals surface area contributed by atoms with Gasteiger partial charge in [0.2, 0.25) is 5.78 Å². The molecule has 4 N–H and O–H groups in total. The van der Waals surface area contributed by atoms with Crippen molar-refractivity contribution >= 4 is 44.2 Å². The Morgan fingerprint density at radius 3 is 2.77 bits per heavy atom. The van der Waals surface area contributed by atoms with Crippen LogP contribution in [-0.2, 0) is 4.79 Å². The molecule has 0 saturated carbocycles. The molecule has 0 spiro atoms. The number of anilines is 1. The van der Waals surface area contributed by atoms with Crippen molar-refractivity contribution in [2.24, 2.45) is 0 Å². The van der Waals surface area contributed by atoms with E-state index >= 15 is 0 Å². The number of benzene rings is 1. The molecule has 1 amide bonds. The molecule has 154 valence electrons. The van der Waals surface area contributed by atoms with Crippen molar-refractivity contribution in [1.82, 2.24) is 9.97 Å². The van der Waals surface area contributed by atoms with Crippen LogP contribution < -0.4 is 10.6 Å². The van der Waals surface area contributed by atoms with E-state index in [0.29, 0.717) is 32.5 Å². The molecule has 0 bridgehead atoms. The number of aliphatic hydroxyl groups is 1. The van der Waals surface area contributed by atoms with Crippen molar-refractivity contribution in [2.45, 2.75) is 13.0 Å². The molecule has 0 radical (unpaired) electrons. The fourth-order valence-electron chi connectivity index (χ4n) is 3.66. The lowest BCUT2D eigenvalue weighted by atomic mass is 9.95. The number of rotatable bonds is 4. The highest BCUT2D eigenvalue weighted by molar-refractivity contribution is 7.22. The van der Waals surface area contributed by atoms with Gasteiger partial charge in [-0.3, -0.25) is 14.5 Å². The Kier molecular flexibility index (Phi) is 4.42. The summed E-state index contributed by atoms with van der Waals surface area (Å²) in [6, 6.07) is 13.0. The summed E-state index contributed by atoms with van der Waals surface area (Å²) in [5.74, 6) is -1.27. The van der Waals surface area contributed by atoms with E-state index in [1.54, 1.807) is 49.5 Å². The third-order valence-electron chi connectivity index (χ3n) is 5.04. The van der Waals surface area contributed by atoms with Crippen LogP contribution in [0, 0.1) is 6.92 Å². The highest BCUT2D eigenvalue weighted by Crippen LogP contribution is 2.44. The number of thiazole rings is 1. The van der Waals surface area contributed by atoms with Crippen LogP contribution in [0.3, 0.4) is 0 Å². The maximum atomic E-state index is 13.3. The topological polar surface area (TPSA) is 124 Å². The Morgan fingerprint density at radius 1 is 1.23 bits per heavy atom. The average Bonchev–Trinajstić information content (AvgIpc) is 3.44. The Balaban J connectivity index is 1.69. The van der Waals surface area contributed by atoms with Crippen LogP contribution in [0.1, 0.15) is 27.9 Å². The zero-order chi connectivity index (χ0) is 21.7. The fourth-order valence-corrected chi connectivity index (χ4v) is 4.60. The van der Waals surface area contributed by atoms with Gasteiger partial charge in [-0.1, -0.05) is 23.5 Å². The number of furan rings is 1.